The largest absolute Gasteiger partial charge is 0.460 e. The first-order chi connectivity index (χ1) is 8.76. The van der Waals surface area contributed by atoms with E-state index < -0.39 is 0 Å². The molecule has 18 heavy (non-hydrogen) atoms. The summed E-state index contributed by atoms with van der Waals surface area (Å²) >= 11 is 0. The number of aryl methyl sites for hydroxylation is 1. The van der Waals surface area contributed by atoms with E-state index in [0.29, 0.717) is 17.3 Å². The molecule has 6 nitrogen and oxygen atoms in total. The Morgan fingerprint density at radius 3 is 2.67 bits per heavy atom. The van der Waals surface area contributed by atoms with E-state index in [2.05, 4.69) is 15.1 Å². The summed E-state index contributed by atoms with van der Waals surface area (Å²) < 4.78 is 10.6. The zero-order valence-corrected chi connectivity index (χ0v) is 9.51. The van der Waals surface area contributed by atoms with Gasteiger partial charge in [0.25, 0.3) is 5.88 Å². The quantitative estimate of drug-likeness (QED) is 0.711. The van der Waals surface area contributed by atoms with Crippen LogP contribution in [0.15, 0.2) is 44.5 Å². The maximum Gasteiger partial charge on any atom is 0.261 e. The van der Waals surface area contributed by atoms with Crippen molar-refractivity contribution < 1.29 is 8.83 Å². The molecule has 1 N–H and O–H groups in total. The van der Waals surface area contributed by atoms with Gasteiger partial charge in [-0.3, -0.25) is 0 Å². The van der Waals surface area contributed by atoms with Crippen LogP contribution in [0.25, 0.3) is 23.0 Å². The van der Waals surface area contributed by atoms with Crippen LogP contribution in [0.5, 0.6) is 0 Å². The molecule has 0 bridgehead atoms. The molecule has 0 amide bonds. The topological polar surface area (TPSA) is 84.4 Å². The summed E-state index contributed by atoms with van der Waals surface area (Å²) in [5.74, 6) is 2.53. The standard InChI is InChI=1S/C12H9N3O3/c1-7-2-3-9(17-7)8-6-13-12(14-8)10-4-5-11(15-16)18-10/h2-6H,1H3,(H,13,14). The molecule has 3 rings (SSSR count). The summed E-state index contributed by atoms with van der Waals surface area (Å²) in [4.78, 5) is 17.5. The van der Waals surface area contributed by atoms with Crippen LogP contribution >= 0.6 is 0 Å². The number of hydrogen-bond donors (Lipinski definition) is 1. The Labute approximate surface area is 102 Å². The van der Waals surface area contributed by atoms with E-state index in [-0.39, 0.29) is 5.88 Å². The van der Waals surface area contributed by atoms with Gasteiger partial charge >= 0.3 is 0 Å². The third kappa shape index (κ3) is 1.73. The summed E-state index contributed by atoms with van der Waals surface area (Å²) in [7, 11) is 0. The molecule has 0 aliphatic rings. The van der Waals surface area contributed by atoms with Crippen LogP contribution in [0.3, 0.4) is 0 Å². The third-order valence-electron chi connectivity index (χ3n) is 2.50. The number of aromatic nitrogens is 2. The summed E-state index contributed by atoms with van der Waals surface area (Å²) in [5.41, 5.74) is 0.745. The van der Waals surface area contributed by atoms with Gasteiger partial charge in [0.15, 0.2) is 17.3 Å². The van der Waals surface area contributed by atoms with Gasteiger partial charge in [0.2, 0.25) is 0 Å². The lowest BCUT2D eigenvalue weighted by atomic mass is 10.3. The van der Waals surface area contributed by atoms with E-state index in [9.17, 15) is 4.91 Å². The van der Waals surface area contributed by atoms with Gasteiger partial charge in [-0.2, -0.15) is 0 Å². The highest BCUT2D eigenvalue weighted by Gasteiger charge is 2.11. The Balaban J connectivity index is 1.96. The van der Waals surface area contributed by atoms with Crippen molar-refractivity contribution in [3.05, 3.63) is 41.1 Å². The van der Waals surface area contributed by atoms with Gasteiger partial charge in [-0.05, 0) is 25.1 Å². The molecule has 0 saturated heterocycles. The second-order valence-electron chi connectivity index (χ2n) is 3.78. The van der Waals surface area contributed by atoms with E-state index in [0.717, 1.165) is 11.5 Å². The zero-order valence-electron chi connectivity index (χ0n) is 9.51. The van der Waals surface area contributed by atoms with E-state index in [1.54, 1.807) is 12.3 Å². The Kier molecular flexibility index (Phi) is 2.33. The van der Waals surface area contributed by atoms with Crippen LogP contribution in [-0.2, 0) is 0 Å². The van der Waals surface area contributed by atoms with Crippen LogP contribution in [-0.4, -0.2) is 9.97 Å². The second-order valence-corrected chi connectivity index (χ2v) is 3.78. The molecule has 0 fully saturated rings. The summed E-state index contributed by atoms with van der Waals surface area (Å²) in [6.45, 7) is 1.87. The SMILES string of the molecule is Cc1ccc(-c2cnc(-c3ccc(N=O)o3)[nH]2)o1. The minimum Gasteiger partial charge on any atom is -0.460 e. The number of aromatic amines is 1. The Morgan fingerprint density at radius 2 is 2.00 bits per heavy atom. The lowest BCUT2D eigenvalue weighted by Crippen LogP contribution is -1.76. The Morgan fingerprint density at radius 1 is 1.17 bits per heavy atom. The minimum atomic E-state index is 0.0248. The Hall–Kier alpha value is -2.63. The van der Waals surface area contributed by atoms with Gasteiger partial charge in [-0.25, -0.2) is 4.98 Å². The number of imidazole rings is 1. The number of nitrogens with zero attached hydrogens (tertiary/aromatic N) is 2. The molecule has 0 aromatic carbocycles. The van der Waals surface area contributed by atoms with Gasteiger partial charge in [0.05, 0.1) is 6.20 Å². The molecule has 0 radical (unpaired) electrons. The molecule has 0 unspecified atom stereocenters. The monoisotopic (exact) mass is 243 g/mol. The van der Waals surface area contributed by atoms with E-state index >= 15 is 0 Å². The third-order valence-corrected chi connectivity index (χ3v) is 2.50. The smallest absolute Gasteiger partial charge is 0.261 e. The van der Waals surface area contributed by atoms with Crippen molar-refractivity contribution in [2.75, 3.05) is 0 Å². The molecule has 0 spiro atoms. The average Bonchev–Trinajstić information content (AvgIpc) is 3.07. The van der Waals surface area contributed by atoms with Crippen LogP contribution in [0.2, 0.25) is 0 Å². The fraction of sp³-hybridized carbons (Fsp3) is 0.0833. The molecule has 3 aromatic heterocycles. The zero-order chi connectivity index (χ0) is 12.5. The summed E-state index contributed by atoms with van der Waals surface area (Å²) in [6, 6.07) is 6.85. The first kappa shape index (κ1) is 10.5. The maximum atomic E-state index is 10.3. The number of nitroso groups, excluding NO2 is 1. The average molecular weight is 243 g/mol. The molecule has 0 saturated carbocycles. The van der Waals surface area contributed by atoms with Gasteiger partial charge in [-0.1, -0.05) is 0 Å². The maximum absolute atomic E-state index is 10.3. The van der Waals surface area contributed by atoms with Crippen molar-refractivity contribution in [3.8, 4) is 23.0 Å². The van der Waals surface area contributed by atoms with Crippen molar-refractivity contribution in [2.45, 2.75) is 6.92 Å². The van der Waals surface area contributed by atoms with Crippen LogP contribution in [0.1, 0.15) is 5.76 Å². The molecular formula is C12H9N3O3. The molecule has 6 heteroatoms. The van der Waals surface area contributed by atoms with Crippen molar-refractivity contribution in [3.63, 3.8) is 0 Å². The van der Waals surface area contributed by atoms with E-state index in [1.807, 2.05) is 19.1 Å². The molecule has 3 heterocycles. The number of H-pyrrole nitrogens is 1. The van der Waals surface area contributed by atoms with Gasteiger partial charge in [-0.15, -0.1) is 4.91 Å². The number of nitrogens with one attached hydrogen (secondary N) is 1. The number of furan rings is 2. The first-order valence-electron chi connectivity index (χ1n) is 5.31. The minimum absolute atomic E-state index is 0.0248. The van der Waals surface area contributed by atoms with Crippen molar-refractivity contribution in [2.24, 2.45) is 5.18 Å². The molecule has 0 aliphatic carbocycles. The van der Waals surface area contributed by atoms with Gasteiger partial charge in [0.1, 0.15) is 11.5 Å². The van der Waals surface area contributed by atoms with E-state index in [4.69, 9.17) is 8.83 Å². The lowest BCUT2D eigenvalue weighted by molar-refractivity contribution is 0.546. The molecule has 0 atom stereocenters. The highest BCUT2D eigenvalue weighted by molar-refractivity contribution is 5.58. The molecule has 90 valence electrons. The highest BCUT2D eigenvalue weighted by atomic mass is 16.4. The van der Waals surface area contributed by atoms with Gasteiger partial charge < -0.3 is 13.8 Å². The Bertz CT molecular complexity index is 693. The van der Waals surface area contributed by atoms with Crippen LogP contribution < -0.4 is 0 Å². The van der Waals surface area contributed by atoms with Crippen molar-refractivity contribution in [1.29, 1.82) is 0 Å². The lowest BCUT2D eigenvalue weighted by Gasteiger charge is -1.91. The normalized spacial score (nSPS) is 10.7. The molecule has 3 aromatic rings. The van der Waals surface area contributed by atoms with E-state index in [1.165, 1.54) is 6.07 Å². The van der Waals surface area contributed by atoms with Crippen molar-refractivity contribution in [1.82, 2.24) is 9.97 Å². The predicted octanol–water partition coefficient (Wildman–Crippen LogP) is 3.64. The number of hydrogen-bond acceptors (Lipinski definition) is 5. The fourth-order valence-corrected chi connectivity index (χ4v) is 1.65. The van der Waals surface area contributed by atoms with Crippen LogP contribution in [0.4, 0.5) is 5.88 Å². The fourth-order valence-electron chi connectivity index (χ4n) is 1.65. The summed E-state index contributed by atoms with van der Waals surface area (Å²) in [5, 5.41) is 2.71. The highest BCUT2D eigenvalue weighted by Crippen LogP contribution is 2.27. The summed E-state index contributed by atoms with van der Waals surface area (Å²) in [6.07, 6.45) is 1.64. The van der Waals surface area contributed by atoms with Crippen molar-refractivity contribution >= 4 is 5.88 Å². The molecular weight excluding hydrogens is 234 g/mol. The van der Waals surface area contributed by atoms with Crippen LogP contribution in [0, 0.1) is 11.8 Å². The van der Waals surface area contributed by atoms with Gasteiger partial charge in [0, 0.05) is 11.2 Å². The first-order valence-corrected chi connectivity index (χ1v) is 5.31. The second kappa shape index (κ2) is 3.99. The molecule has 0 aliphatic heterocycles. The predicted molar refractivity (Wildman–Crippen MR) is 64.2 cm³/mol. The number of rotatable bonds is 3.